The van der Waals surface area contributed by atoms with Crippen LogP contribution in [-0.4, -0.2) is 24.3 Å². The number of rotatable bonds is 7. The number of carbonyl (C=O) groups excluding carboxylic acids is 1. The van der Waals surface area contributed by atoms with Gasteiger partial charge in [-0.2, -0.15) is 0 Å². The average molecular weight is 346 g/mol. The van der Waals surface area contributed by atoms with Crippen molar-refractivity contribution in [3.8, 4) is 5.75 Å². The van der Waals surface area contributed by atoms with Crippen molar-refractivity contribution >= 4 is 11.7 Å². The van der Waals surface area contributed by atoms with Crippen LogP contribution in [0.3, 0.4) is 0 Å². The highest BCUT2D eigenvalue weighted by atomic mass is 19.1. The van der Waals surface area contributed by atoms with E-state index in [-0.39, 0.29) is 12.4 Å². The molecular weight excluding hydrogens is 323 g/mol. The Kier molecular flexibility index (Phi) is 6.77. The quantitative estimate of drug-likeness (QED) is 0.714. The fourth-order valence-electron chi connectivity index (χ4n) is 2.22. The molecule has 0 radical (unpaired) electrons. The maximum atomic E-state index is 12.9. The number of benzene rings is 2. The summed E-state index contributed by atoms with van der Waals surface area (Å²) in [5.41, 5.74) is 2.13. The minimum atomic E-state index is -0.917. The number of anilines is 1. The summed E-state index contributed by atoms with van der Waals surface area (Å²) in [7, 11) is 0. The standard InChI is InChI=1S/C19H23FN2O3/c1-3-10-25-18-11-13(2)4-9-16(18)22-19(24)21-12-17(23)14-5-7-15(20)8-6-14/h4-9,11,17,23H,3,10,12H2,1-2H3,(H2,21,22,24). The molecule has 0 saturated carbocycles. The summed E-state index contributed by atoms with van der Waals surface area (Å²) in [5.74, 6) is 0.233. The summed E-state index contributed by atoms with van der Waals surface area (Å²) in [6.45, 7) is 4.52. The van der Waals surface area contributed by atoms with Gasteiger partial charge in [0.05, 0.1) is 18.4 Å². The van der Waals surface area contributed by atoms with E-state index in [2.05, 4.69) is 10.6 Å². The van der Waals surface area contributed by atoms with E-state index in [1.54, 1.807) is 6.07 Å². The number of ether oxygens (including phenoxy) is 1. The molecule has 0 aliphatic carbocycles. The third kappa shape index (κ3) is 5.76. The van der Waals surface area contributed by atoms with Crippen LogP contribution in [0.2, 0.25) is 0 Å². The van der Waals surface area contributed by atoms with E-state index in [9.17, 15) is 14.3 Å². The molecule has 6 heteroatoms. The lowest BCUT2D eigenvalue weighted by molar-refractivity contribution is 0.175. The van der Waals surface area contributed by atoms with E-state index in [0.717, 1.165) is 12.0 Å². The van der Waals surface area contributed by atoms with Crippen LogP contribution in [0.4, 0.5) is 14.9 Å². The zero-order chi connectivity index (χ0) is 18.2. The van der Waals surface area contributed by atoms with Crippen molar-refractivity contribution < 1.29 is 19.0 Å². The first kappa shape index (κ1) is 18.7. The van der Waals surface area contributed by atoms with Crippen LogP contribution in [0, 0.1) is 12.7 Å². The van der Waals surface area contributed by atoms with Gasteiger partial charge in [0, 0.05) is 6.54 Å². The molecule has 0 heterocycles. The van der Waals surface area contributed by atoms with Crippen LogP contribution < -0.4 is 15.4 Å². The van der Waals surface area contributed by atoms with Crippen LogP contribution in [0.5, 0.6) is 5.75 Å². The van der Waals surface area contributed by atoms with Gasteiger partial charge in [-0.15, -0.1) is 0 Å². The Bertz CT molecular complexity index is 704. The Morgan fingerprint density at radius 1 is 1.24 bits per heavy atom. The predicted octanol–water partition coefficient (Wildman–Crippen LogP) is 3.78. The Morgan fingerprint density at radius 3 is 2.64 bits per heavy atom. The predicted molar refractivity (Wildman–Crippen MR) is 95.3 cm³/mol. The molecule has 0 fully saturated rings. The molecule has 0 aromatic heterocycles. The molecule has 5 nitrogen and oxygen atoms in total. The topological polar surface area (TPSA) is 70.6 Å². The summed E-state index contributed by atoms with van der Waals surface area (Å²) >= 11 is 0. The van der Waals surface area contributed by atoms with Crippen molar-refractivity contribution in [2.24, 2.45) is 0 Å². The second-order valence-corrected chi connectivity index (χ2v) is 5.75. The number of hydrogen-bond acceptors (Lipinski definition) is 3. The second kappa shape index (κ2) is 9.03. The highest BCUT2D eigenvalue weighted by Gasteiger charge is 2.12. The van der Waals surface area contributed by atoms with Crippen molar-refractivity contribution in [2.45, 2.75) is 26.4 Å². The van der Waals surface area contributed by atoms with Gasteiger partial charge in [0.2, 0.25) is 0 Å². The smallest absolute Gasteiger partial charge is 0.319 e. The number of nitrogens with one attached hydrogen (secondary N) is 2. The number of carbonyl (C=O) groups is 1. The molecule has 3 N–H and O–H groups in total. The van der Waals surface area contributed by atoms with Gasteiger partial charge >= 0.3 is 6.03 Å². The number of urea groups is 1. The average Bonchev–Trinajstić information content (AvgIpc) is 2.60. The minimum Gasteiger partial charge on any atom is -0.491 e. The molecule has 0 aliphatic heterocycles. The molecule has 2 aromatic rings. The molecule has 0 aliphatic rings. The summed E-state index contributed by atoms with van der Waals surface area (Å²) in [6.07, 6.45) is -0.0520. The Labute approximate surface area is 146 Å². The molecule has 1 unspecified atom stereocenters. The van der Waals surface area contributed by atoms with Gasteiger partial charge in [-0.1, -0.05) is 25.1 Å². The lowest BCUT2D eigenvalue weighted by Gasteiger charge is -2.15. The van der Waals surface area contributed by atoms with Gasteiger partial charge in [-0.3, -0.25) is 0 Å². The van der Waals surface area contributed by atoms with Gasteiger partial charge in [0.15, 0.2) is 0 Å². The number of aliphatic hydroxyl groups excluding tert-OH is 1. The molecule has 2 rings (SSSR count). The third-order valence-corrected chi connectivity index (χ3v) is 3.56. The van der Waals surface area contributed by atoms with Gasteiger partial charge < -0.3 is 20.5 Å². The first-order valence-electron chi connectivity index (χ1n) is 8.21. The largest absolute Gasteiger partial charge is 0.491 e. The summed E-state index contributed by atoms with van der Waals surface area (Å²) < 4.78 is 18.5. The molecule has 25 heavy (non-hydrogen) atoms. The van der Waals surface area contributed by atoms with Crippen molar-refractivity contribution in [1.82, 2.24) is 5.32 Å². The summed E-state index contributed by atoms with van der Waals surface area (Å²) in [6, 6.07) is 10.6. The lowest BCUT2D eigenvalue weighted by atomic mass is 10.1. The third-order valence-electron chi connectivity index (χ3n) is 3.56. The van der Waals surface area contributed by atoms with Crippen LogP contribution in [0.1, 0.15) is 30.6 Å². The monoisotopic (exact) mass is 346 g/mol. The number of amides is 2. The normalized spacial score (nSPS) is 11.7. The van der Waals surface area contributed by atoms with Gasteiger partial charge in [0.1, 0.15) is 11.6 Å². The lowest BCUT2D eigenvalue weighted by Crippen LogP contribution is -2.32. The molecule has 2 aromatic carbocycles. The molecular formula is C19H23FN2O3. The van der Waals surface area contributed by atoms with Crippen molar-refractivity contribution in [1.29, 1.82) is 0 Å². The van der Waals surface area contributed by atoms with Crippen molar-refractivity contribution in [2.75, 3.05) is 18.5 Å². The van der Waals surface area contributed by atoms with E-state index < -0.39 is 12.1 Å². The van der Waals surface area contributed by atoms with Crippen LogP contribution >= 0.6 is 0 Å². The van der Waals surface area contributed by atoms with Gasteiger partial charge in [-0.05, 0) is 48.7 Å². The van der Waals surface area contributed by atoms with Gasteiger partial charge in [-0.25, -0.2) is 9.18 Å². The van der Waals surface area contributed by atoms with E-state index in [1.165, 1.54) is 24.3 Å². The zero-order valence-corrected chi connectivity index (χ0v) is 14.4. The molecule has 134 valence electrons. The van der Waals surface area contributed by atoms with E-state index in [0.29, 0.717) is 23.6 Å². The number of aliphatic hydroxyl groups is 1. The van der Waals surface area contributed by atoms with Crippen LogP contribution in [0.25, 0.3) is 0 Å². The molecule has 1 atom stereocenters. The van der Waals surface area contributed by atoms with Crippen molar-refractivity contribution in [3.63, 3.8) is 0 Å². The van der Waals surface area contributed by atoms with Crippen molar-refractivity contribution in [3.05, 3.63) is 59.4 Å². The molecule has 0 saturated heterocycles. The highest BCUT2D eigenvalue weighted by Crippen LogP contribution is 2.26. The van der Waals surface area contributed by atoms with Crippen LogP contribution in [0.15, 0.2) is 42.5 Å². The molecule has 0 bridgehead atoms. The van der Waals surface area contributed by atoms with E-state index in [1.807, 2.05) is 26.0 Å². The maximum absolute atomic E-state index is 12.9. The second-order valence-electron chi connectivity index (χ2n) is 5.75. The first-order chi connectivity index (χ1) is 12.0. The SMILES string of the molecule is CCCOc1cc(C)ccc1NC(=O)NCC(O)c1ccc(F)cc1. The fourth-order valence-corrected chi connectivity index (χ4v) is 2.22. The summed E-state index contributed by atoms with van der Waals surface area (Å²) in [5, 5.41) is 15.4. The number of halogens is 1. The first-order valence-corrected chi connectivity index (χ1v) is 8.21. The number of hydrogen-bond donors (Lipinski definition) is 3. The Hall–Kier alpha value is -2.60. The Morgan fingerprint density at radius 2 is 1.96 bits per heavy atom. The van der Waals surface area contributed by atoms with E-state index in [4.69, 9.17) is 4.74 Å². The zero-order valence-electron chi connectivity index (χ0n) is 14.4. The fraction of sp³-hybridized carbons (Fsp3) is 0.316. The molecule has 2 amide bonds. The van der Waals surface area contributed by atoms with Gasteiger partial charge in [0.25, 0.3) is 0 Å². The highest BCUT2D eigenvalue weighted by molar-refractivity contribution is 5.91. The van der Waals surface area contributed by atoms with Crippen LogP contribution in [-0.2, 0) is 0 Å². The minimum absolute atomic E-state index is 0.00841. The summed E-state index contributed by atoms with van der Waals surface area (Å²) in [4.78, 5) is 12.1. The number of aryl methyl sites for hydroxylation is 1. The molecule has 0 spiro atoms. The Balaban J connectivity index is 1.92. The maximum Gasteiger partial charge on any atom is 0.319 e. The van der Waals surface area contributed by atoms with E-state index >= 15 is 0 Å².